The van der Waals surface area contributed by atoms with Crippen LogP contribution in [0, 0.1) is 6.92 Å². The van der Waals surface area contributed by atoms with Gasteiger partial charge in [-0.3, -0.25) is 14.4 Å². The molecule has 0 fully saturated rings. The molecular weight excluding hydrogens is 354 g/mol. The molecule has 2 aromatic carbocycles. The summed E-state index contributed by atoms with van der Waals surface area (Å²) in [7, 11) is 0. The number of ether oxygens (including phenoxy) is 1. The zero-order chi connectivity index (χ0) is 19.1. The number of amides is 1. The van der Waals surface area contributed by atoms with E-state index in [9.17, 15) is 14.4 Å². The summed E-state index contributed by atoms with van der Waals surface area (Å²) in [6.07, 6.45) is -1.03. The van der Waals surface area contributed by atoms with Crippen molar-refractivity contribution >= 4 is 34.9 Å². The van der Waals surface area contributed by atoms with Gasteiger partial charge in [-0.25, -0.2) is 0 Å². The molecule has 0 unspecified atom stereocenters. The van der Waals surface area contributed by atoms with Crippen LogP contribution in [0.1, 0.15) is 35.7 Å². The summed E-state index contributed by atoms with van der Waals surface area (Å²) in [5.74, 6) is -1.20. The van der Waals surface area contributed by atoms with Gasteiger partial charge in [0.15, 0.2) is 11.9 Å². The molecule has 0 radical (unpaired) electrons. The van der Waals surface area contributed by atoms with Crippen LogP contribution in [0.2, 0.25) is 5.02 Å². The SMILES string of the molecule is Cc1c(Cl)cccc1NC(=O)[C@H](C)OC(=O)CCC(=O)c1ccccc1. The number of carbonyl (C=O) groups is 3. The maximum Gasteiger partial charge on any atom is 0.307 e. The number of anilines is 1. The zero-order valence-electron chi connectivity index (χ0n) is 14.6. The van der Waals surface area contributed by atoms with Crippen molar-refractivity contribution in [3.8, 4) is 0 Å². The Kier molecular flexibility index (Phi) is 6.92. The molecule has 0 aliphatic rings. The normalized spacial score (nSPS) is 11.5. The Morgan fingerprint density at radius 3 is 2.42 bits per heavy atom. The molecular formula is C20H20ClNO4. The van der Waals surface area contributed by atoms with Crippen LogP contribution in [0.15, 0.2) is 48.5 Å². The second kappa shape index (κ2) is 9.15. The summed E-state index contributed by atoms with van der Waals surface area (Å²) >= 11 is 6.01. The fourth-order valence-electron chi connectivity index (χ4n) is 2.27. The molecule has 6 heteroatoms. The molecule has 0 bridgehead atoms. The number of Topliss-reactive ketones (excluding diaryl/α,β-unsaturated/α-hetero) is 1. The third-order valence-corrected chi connectivity index (χ3v) is 4.26. The smallest absolute Gasteiger partial charge is 0.307 e. The highest BCUT2D eigenvalue weighted by atomic mass is 35.5. The lowest BCUT2D eigenvalue weighted by Gasteiger charge is -2.15. The van der Waals surface area contributed by atoms with E-state index in [1.54, 1.807) is 49.4 Å². The van der Waals surface area contributed by atoms with Crippen molar-refractivity contribution in [3.63, 3.8) is 0 Å². The van der Waals surface area contributed by atoms with Crippen LogP contribution in [0.25, 0.3) is 0 Å². The number of ketones is 1. The summed E-state index contributed by atoms with van der Waals surface area (Å²) in [6.45, 7) is 3.26. The molecule has 0 saturated carbocycles. The molecule has 1 atom stereocenters. The van der Waals surface area contributed by atoms with Gasteiger partial charge in [0.05, 0.1) is 6.42 Å². The van der Waals surface area contributed by atoms with Crippen LogP contribution in [-0.2, 0) is 14.3 Å². The van der Waals surface area contributed by atoms with E-state index in [4.69, 9.17) is 16.3 Å². The van der Waals surface area contributed by atoms with E-state index >= 15 is 0 Å². The Bertz CT molecular complexity index is 805. The summed E-state index contributed by atoms with van der Waals surface area (Å²) in [4.78, 5) is 36.0. The maximum atomic E-state index is 12.2. The van der Waals surface area contributed by atoms with Gasteiger partial charge < -0.3 is 10.1 Å². The van der Waals surface area contributed by atoms with E-state index in [0.29, 0.717) is 16.3 Å². The topological polar surface area (TPSA) is 72.5 Å². The minimum absolute atomic E-state index is 0.0323. The van der Waals surface area contributed by atoms with Crippen LogP contribution in [-0.4, -0.2) is 23.8 Å². The first-order chi connectivity index (χ1) is 12.4. The van der Waals surface area contributed by atoms with Gasteiger partial charge in [-0.15, -0.1) is 0 Å². The Morgan fingerprint density at radius 1 is 1.04 bits per heavy atom. The van der Waals surface area contributed by atoms with Crippen molar-refractivity contribution < 1.29 is 19.1 Å². The van der Waals surface area contributed by atoms with E-state index in [0.717, 1.165) is 5.56 Å². The number of esters is 1. The molecule has 26 heavy (non-hydrogen) atoms. The Balaban J connectivity index is 1.83. The van der Waals surface area contributed by atoms with Gasteiger partial charge in [-0.2, -0.15) is 0 Å². The van der Waals surface area contributed by atoms with E-state index in [1.165, 1.54) is 6.92 Å². The van der Waals surface area contributed by atoms with Crippen LogP contribution in [0.4, 0.5) is 5.69 Å². The van der Waals surface area contributed by atoms with Gasteiger partial charge in [-0.1, -0.05) is 48.0 Å². The molecule has 0 aliphatic carbocycles. The van der Waals surface area contributed by atoms with Crippen molar-refractivity contribution in [3.05, 3.63) is 64.7 Å². The van der Waals surface area contributed by atoms with Crippen LogP contribution < -0.4 is 5.32 Å². The summed E-state index contributed by atoms with van der Waals surface area (Å²) in [6, 6.07) is 13.9. The van der Waals surface area contributed by atoms with Gasteiger partial charge in [0.2, 0.25) is 0 Å². The average Bonchev–Trinajstić information content (AvgIpc) is 2.64. The van der Waals surface area contributed by atoms with E-state index in [2.05, 4.69) is 5.32 Å². The highest BCUT2D eigenvalue weighted by molar-refractivity contribution is 6.31. The molecule has 136 valence electrons. The Morgan fingerprint density at radius 2 is 1.73 bits per heavy atom. The molecule has 0 saturated heterocycles. The number of nitrogens with one attached hydrogen (secondary N) is 1. The summed E-state index contributed by atoms with van der Waals surface area (Å²) in [5, 5.41) is 3.21. The number of rotatable bonds is 7. The molecule has 0 spiro atoms. The first-order valence-electron chi connectivity index (χ1n) is 8.22. The lowest BCUT2D eigenvalue weighted by molar-refractivity contribution is -0.153. The minimum Gasteiger partial charge on any atom is -0.453 e. The second-order valence-electron chi connectivity index (χ2n) is 5.82. The first kappa shape index (κ1) is 19.7. The Hall–Kier alpha value is -2.66. The van der Waals surface area contributed by atoms with Gasteiger partial charge in [-0.05, 0) is 31.5 Å². The number of halogens is 1. The highest BCUT2D eigenvalue weighted by Gasteiger charge is 2.19. The lowest BCUT2D eigenvalue weighted by Crippen LogP contribution is -2.30. The zero-order valence-corrected chi connectivity index (χ0v) is 15.4. The molecule has 5 nitrogen and oxygen atoms in total. The molecule has 0 heterocycles. The van der Waals surface area contributed by atoms with Crippen LogP contribution in [0.5, 0.6) is 0 Å². The Labute approximate surface area is 157 Å². The van der Waals surface area contributed by atoms with E-state index < -0.39 is 18.0 Å². The van der Waals surface area contributed by atoms with Gasteiger partial charge in [0.25, 0.3) is 5.91 Å². The summed E-state index contributed by atoms with van der Waals surface area (Å²) in [5.41, 5.74) is 1.83. The van der Waals surface area contributed by atoms with Gasteiger partial charge >= 0.3 is 5.97 Å². The predicted octanol–water partition coefficient (Wildman–Crippen LogP) is 4.18. The minimum atomic E-state index is -0.979. The van der Waals surface area contributed by atoms with E-state index in [-0.39, 0.29) is 18.6 Å². The molecule has 2 aromatic rings. The van der Waals surface area contributed by atoms with Crippen molar-refractivity contribution in [1.29, 1.82) is 0 Å². The van der Waals surface area contributed by atoms with Crippen molar-refractivity contribution in [2.24, 2.45) is 0 Å². The van der Waals surface area contributed by atoms with Gasteiger partial charge in [0, 0.05) is 22.7 Å². The quantitative estimate of drug-likeness (QED) is 0.583. The number of hydrogen-bond acceptors (Lipinski definition) is 4. The first-order valence-corrected chi connectivity index (χ1v) is 8.60. The predicted molar refractivity (Wildman–Crippen MR) is 100 cm³/mol. The molecule has 0 aliphatic heterocycles. The highest BCUT2D eigenvalue weighted by Crippen LogP contribution is 2.23. The van der Waals surface area contributed by atoms with Crippen LogP contribution >= 0.6 is 11.6 Å². The standard InChI is InChI=1S/C20H20ClNO4/c1-13-16(21)9-6-10-17(13)22-20(25)14(2)26-19(24)12-11-18(23)15-7-4-3-5-8-15/h3-10,14H,11-12H2,1-2H3,(H,22,25)/t14-/m0/s1. The van der Waals surface area contributed by atoms with Crippen molar-refractivity contribution in [2.75, 3.05) is 5.32 Å². The number of benzene rings is 2. The monoisotopic (exact) mass is 373 g/mol. The second-order valence-corrected chi connectivity index (χ2v) is 6.23. The average molecular weight is 374 g/mol. The largest absolute Gasteiger partial charge is 0.453 e. The van der Waals surface area contributed by atoms with E-state index in [1.807, 2.05) is 6.07 Å². The third kappa shape index (κ3) is 5.43. The lowest BCUT2D eigenvalue weighted by atomic mass is 10.1. The number of carbonyl (C=O) groups excluding carboxylic acids is 3. The maximum absolute atomic E-state index is 12.2. The molecule has 0 aromatic heterocycles. The van der Waals surface area contributed by atoms with Crippen LogP contribution in [0.3, 0.4) is 0 Å². The molecule has 1 N–H and O–H groups in total. The third-order valence-electron chi connectivity index (χ3n) is 3.85. The fraction of sp³-hybridized carbons (Fsp3) is 0.250. The van der Waals surface area contributed by atoms with Crippen molar-refractivity contribution in [2.45, 2.75) is 32.8 Å². The number of hydrogen-bond donors (Lipinski definition) is 1. The molecule has 1 amide bonds. The summed E-state index contributed by atoms with van der Waals surface area (Å²) < 4.78 is 5.10. The molecule has 2 rings (SSSR count). The fourth-order valence-corrected chi connectivity index (χ4v) is 2.45. The van der Waals surface area contributed by atoms with Crippen molar-refractivity contribution in [1.82, 2.24) is 0 Å². The van der Waals surface area contributed by atoms with Gasteiger partial charge in [0.1, 0.15) is 0 Å².